The summed E-state index contributed by atoms with van der Waals surface area (Å²) in [4.78, 5) is 1.12. The first-order valence-electron chi connectivity index (χ1n) is 3.47. The minimum Gasteiger partial charge on any atom is -0.398 e. The second-order valence-corrected chi connectivity index (χ2v) is 4.69. The molecule has 0 amide bonds. The minimum absolute atomic E-state index is 0.828. The second-order valence-electron chi connectivity index (χ2n) is 2.48. The molecule has 2 nitrogen and oxygen atoms in total. The molecule has 1 aliphatic rings. The molecule has 0 saturated heterocycles. The number of hydrogen-bond acceptors (Lipinski definition) is 4. The topological polar surface area (TPSA) is 52.0 Å². The quantitative estimate of drug-likeness (QED) is 0.494. The Hall–Kier alpha value is -0.740. The predicted octanol–water partition coefficient (Wildman–Crippen LogP) is 2.28. The van der Waals surface area contributed by atoms with Gasteiger partial charge in [-0.25, -0.2) is 0 Å². The number of anilines is 1. The molecular weight excluding hydrogens is 188 g/mol. The van der Waals surface area contributed by atoms with Gasteiger partial charge in [-0.2, -0.15) is 0 Å². The largest absolute Gasteiger partial charge is 0.398 e. The van der Waals surface area contributed by atoms with Crippen LogP contribution in [-0.4, -0.2) is 0 Å². The van der Waals surface area contributed by atoms with Gasteiger partial charge >= 0.3 is 0 Å². The fraction of sp³-hybridized carbons (Fsp3) is 0. The van der Waals surface area contributed by atoms with Gasteiger partial charge in [-0.05, 0) is 39.3 Å². The third-order valence-electron chi connectivity index (χ3n) is 1.59. The first-order valence-corrected chi connectivity index (χ1v) is 5.62. The molecule has 0 unspecified atom stereocenters. The monoisotopic (exact) mass is 196 g/mol. The first-order chi connectivity index (χ1) is 5.77. The highest BCUT2D eigenvalue weighted by molar-refractivity contribution is 8.78. The highest BCUT2D eigenvalue weighted by Crippen LogP contribution is 2.44. The van der Waals surface area contributed by atoms with Crippen molar-refractivity contribution in [3.63, 3.8) is 0 Å². The van der Waals surface area contributed by atoms with E-state index in [1.54, 1.807) is 21.6 Å². The van der Waals surface area contributed by atoms with Gasteiger partial charge in [0.05, 0.1) is 5.03 Å². The zero-order chi connectivity index (χ0) is 8.55. The Balaban J connectivity index is 2.57. The summed E-state index contributed by atoms with van der Waals surface area (Å²) in [6.07, 6.45) is 1.95. The summed E-state index contributed by atoms with van der Waals surface area (Å²) in [7, 11) is 3.17. The number of benzene rings is 1. The van der Waals surface area contributed by atoms with Crippen molar-refractivity contribution < 1.29 is 0 Å². The number of nitrogens with two attached hydrogens (primary N) is 2. The van der Waals surface area contributed by atoms with Gasteiger partial charge in [0.1, 0.15) is 0 Å². The van der Waals surface area contributed by atoms with Crippen LogP contribution in [0.4, 0.5) is 5.69 Å². The van der Waals surface area contributed by atoms with Crippen molar-refractivity contribution in [2.24, 2.45) is 5.73 Å². The molecule has 1 aromatic carbocycles. The minimum atomic E-state index is 0.828. The van der Waals surface area contributed by atoms with E-state index in [4.69, 9.17) is 11.5 Å². The molecule has 0 aliphatic carbocycles. The maximum atomic E-state index is 5.78. The van der Waals surface area contributed by atoms with Gasteiger partial charge in [0.2, 0.25) is 0 Å². The van der Waals surface area contributed by atoms with Crippen LogP contribution in [0, 0.1) is 0 Å². The van der Waals surface area contributed by atoms with Crippen LogP contribution in [0.3, 0.4) is 0 Å². The van der Waals surface area contributed by atoms with E-state index < -0.39 is 0 Å². The Morgan fingerprint density at radius 3 is 2.75 bits per heavy atom. The average Bonchev–Trinajstić information content (AvgIpc) is 2.04. The summed E-state index contributed by atoms with van der Waals surface area (Å²) in [5, 5.41) is 0.832. The normalized spacial score (nSPS) is 15.2. The molecule has 0 aromatic heterocycles. The van der Waals surface area contributed by atoms with Crippen molar-refractivity contribution in [1.29, 1.82) is 0 Å². The summed E-state index contributed by atoms with van der Waals surface area (Å²) >= 11 is 0. The smallest absolute Gasteiger partial charge is 0.0773 e. The lowest BCUT2D eigenvalue weighted by Crippen LogP contribution is -1.97. The standard InChI is InChI=1S/C8H8N2S2/c9-6-3-1-2-5-4-7(10)11-12-8(5)6/h1-4H,9-10H2. The highest BCUT2D eigenvalue weighted by atomic mass is 33.1. The van der Waals surface area contributed by atoms with Gasteiger partial charge in [-0.15, -0.1) is 0 Å². The van der Waals surface area contributed by atoms with Crippen molar-refractivity contribution >= 4 is 33.4 Å². The van der Waals surface area contributed by atoms with Gasteiger partial charge in [-0.1, -0.05) is 12.1 Å². The molecule has 0 saturated carbocycles. The first kappa shape index (κ1) is 7.89. The Labute approximate surface area is 78.8 Å². The molecule has 0 spiro atoms. The van der Waals surface area contributed by atoms with Crippen molar-refractivity contribution in [3.05, 3.63) is 28.8 Å². The Bertz CT molecular complexity index is 347. The van der Waals surface area contributed by atoms with Crippen molar-refractivity contribution in [2.75, 3.05) is 5.73 Å². The number of rotatable bonds is 0. The van der Waals surface area contributed by atoms with Crippen LogP contribution >= 0.6 is 21.6 Å². The lowest BCUT2D eigenvalue weighted by molar-refractivity contribution is 1.42. The second kappa shape index (κ2) is 2.95. The lowest BCUT2D eigenvalue weighted by Gasteiger charge is -2.13. The maximum Gasteiger partial charge on any atom is 0.0773 e. The molecule has 62 valence electrons. The van der Waals surface area contributed by atoms with Gasteiger partial charge in [0.25, 0.3) is 0 Å². The molecule has 0 fully saturated rings. The molecule has 4 heteroatoms. The van der Waals surface area contributed by atoms with Crippen LogP contribution in [0.5, 0.6) is 0 Å². The van der Waals surface area contributed by atoms with E-state index in [1.165, 1.54) is 0 Å². The van der Waals surface area contributed by atoms with E-state index in [1.807, 2.05) is 24.3 Å². The van der Waals surface area contributed by atoms with Gasteiger partial charge in [-0.3, -0.25) is 0 Å². The number of nitrogen functional groups attached to an aromatic ring is 1. The average molecular weight is 196 g/mol. The van der Waals surface area contributed by atoms with Gasteiger partial charge in [0, 0.05) is 10.6 Å². The van der Waals surface area contributed by atoms with E-state index in [0.29, 0.717) is 0 Å². The summed E-state index contributed by atoms with van der Waals surface area (Å²) in [6.45, 7) is 0. The van der Waals surface area contributed by atoms with E-state index in [2.05, 4.69) is 0 Å². The van der Waals surface area contributed by atoms with Crippen molar-refractivity contribution in [2.45, 2.75) is 4.90 Å². The lowest BCUT2D eigenvalue weighted by atomic mass is 10.2. The van der Waals surface area contributed by atoms with E-state index >= 15 is 0 Å². The Kier molecular flexibility index (Phi) is 1.94. The zero-order valence-corrected chi connectivity index (χ0v) is 7.91. The Morgan fingerprint density at radius 1 is 1.08 bits per heavy atom. The van der Waals surface area contributed by atoms with E-state index in [-0.39, 0.29) is 0 Å². The fourth-order valence-corrected chi connectivity index (χ4v) is 3.05. The summed E-state index contributed by atoms with van der Waals surface area (Å²) < 4.78 is 0. The third kappa shape index (κ3) is 1.28. The van der Waals surface area contributed by atoms with Crippen LogP contribution in [0.15, 0.2) is 28.1 Å². The zero-order valence-electron chi connectivity index (χ0n) is 6.28. The molecule has 0 atom stereocenters. The van der Waals surface area contributed by atoms with Crippen LogP contribution in [0.1, 0.15) is 5.56 Å². The van der Waals surface area contributed by atoms with Gasteiger partial charge < -0.3 is 11.5 Å². The Morgan fingerprint density at radius 2 is 1.92 bits per heavy atom. The molecule has 1 heterocycles. The summed E-state index contributed by atoms with van der Waals surface area (Å²) in [6, 6.07) is 5.86. The molecule has 4 N–H and O–H groups in total. The molecule has 0 radical (unpaired) electrons. The van der Waals surface area contributed by atoms with E-state index in [0.717, 1.165) is 21.2 Å². The molecule has 2 rings (SSSR count). The van der Waals surface area contributed by atoms with Crippen LogP contribution in [0.2, 0.25) is 0 Å². The fourth-order valence-electron chi connectivity index (χ4n) is 1.05. The molecular formula is C8H8N2S2. The molecule has 12 heavy (non-hydrogen) atoms. The van der Waals surface area contributed by atoms with Crippen LogP contribution in [0.25, 0.3) is 6.08 Å². The van der Waals surface area contributed by atoms with Crippen LogP contribution < -0.4 is 11.5 Å². The SMILES string of the molecule is NC1=Cc2cccc(N)c2SS1. The highest BCUT2D eigenvalue weighted by Gasteiger charge is 2.11. The summed E-state index contributed by atoms with van der Waals surface area (Å²) in [5.74, 6) is 0. The number of hydrogen-bond donors (Lipinski definition) is 2. The van der Waals surface area contributed by atoms with Crippen LogP contribution in [-0.2, 0) is 0 Å². The molecule has 1 aliphatic heterocycles. The van der Waals surface area contributed by atoms with Crippen molar-refractivity contribution in [1.82, 2.24) is 0 Å². The predicted molar refractivity (Wildman–Crippen MR) is 56.5 cm³/mol. The maximum absolute atomic E-state index is 5.78. The molecule has 0 bridgehead atoms. The van der Waals surface area contributed by atoms with Gasteiger partial charge in [0.15, 0.2) is 0 Å². The van der Waals surface area contributed by atoms with Crippen molar-refractivity contribution in [3.8, 4) is 0 Å². The molecule has 1 aromatic rings. The number of fused-ring (bicyclic) bond motifs is 1. The van der Waals surface area contributed by atoms with E-state index in [9.17, 15) is 0 Å². The third-order valence-corrected chi connectivity index (χ3v) is 3.95. The summed E-state index contributed by atoms with van der Waals surface area (Å²) in [5.41, 5.74) is 13.4.